The molecular weight excluding hydrogens is 396 g/mol. The highest BCUT2D eigenvalue weighted by Crippen LogP contribution is 2.35. The SMILES string of the molecule is COc1ccc(-c2nc3scc(-c4ccc(C(C)(C)C)cc4)c3c(=O)[nH]2)cc1OC. The van der Waals surface area contributed by atoms with E-state index >= 15 is 0 Å². The van der Waals surface area contributed by atoms with Crippen LogP contribution in [-0.2, 0) is 5.41 Å². The summed E-state index contributed by atoms with van der Waals surface area (Å²) in [6.45, 7) is 6.56. The number of hydrogen-bond acceptors (Lipinski definition) is 5. The van der Waals surface area contributed by atoms with E-state index in [2.05, 4.69) is 50.0 Å². The molecule has 1 N–H and O–H groups in total. The van der Waals surface area contributed by atoms with Crippen molar-refractivity contribution in [2.24, 2.45) is 0 Å². The van der Waals surface area contributed by atoms with Crippen LogP contribution in [0.5, 0.6) is 11.5 Å². The summed E-state index contributed by atoms with van der Waals surface area (Å²) in [6.07, 6.45) is 0. The van der Waals surface area contributed by atoms with E-state index in [1.807, 2.05) is 17.5 Å². The monoisotopic (exact) mass is 420 g/mol. The van der Waals surface area contributed by atoms with Gasteiger partial charge < -0.3 is 14.5 Å². The summed E-state index contributed by atoms with van der Waals surface area (Å²) in [7, 11) is 3.17. The highest BCUT2D eigenvalue weighted by molar-refractivity contribution is 7.17. The minimum atomic E-state index is -0.152. The van der Waals surface area contributed by atoms with Crippen LogP contribution < -0.4 is 15.0 Å². The maximum atomic E-state index is 13.0. The molecule has 0 bridgehead atoms. The van der Waals surface area contributed by atoms with Crippen LogP contribution in [0.2, 0.25) is 0 Å². The summed E-state index contributed by atoms with van der Waals surface area (Å²) < 4.78 is 10.7. The summed E-state index contributed by atoms with van der Waals surface area (Å²) in [5.41, 5.74) is 3.87. The van der Waals surface area contributed by atoms with Crippen LogP contribution in [0.25, 0.3) is 32.7 Å². The smallest absolute Gasteiger partial charge is 0.260 e. The Labute approximate surface area is 179 Å². The predicted molar refractivity (Wildman–Crippen MR) is 123 cm³/mol. The Balaban J connectivity index is 1.78. The molecule has 0 saturated carbocycles. The molecular formula is C24H24N2O3S. The number of hydrogen-bond donors (Lipinski definition) is 1. The lowest BCUT2D eigenvalue weighted by atomic mass is 9.86. The molecule has 0 spiro atoms. The Kier molecular flexibility index (Phi) is 5.12. The maximum Gasteiger partial charge on any atom is 0.260 e. The lowest BCUT2D eigenvalue weighted by Crippen LogP contribution is -2.10. The number of aromatic amines is 1. The molecule has 0 saturated heterocycles. The molecule has 5 nitrogen and oxygen atoms in total. The van der Waals surface area contributed by atoms with Gasteiger partial charge in [0.2, 0.25) is 0 Å². The number of nitrogens with zero attached hydrogens (tertiary/aromatic N) is 1. The molecule has 0 fully saturated rings. The third kappa shape index (κ3) is 3.59. The number of rotatable bonds is 4. The van der Waals surface area contributed by atoms with Gasteiger partial charge in [-0.15, -0.1) is 11.3 Å². The second-order valence-electron chi connectivity index (χ2n) is 8.14. The van der Waals surface area contributed by atoms with Crippen molar-refractivity contribution in [1.29, 1.82) is 0 Å². The molecule has 30 heavy (non-hydrogen) atoms. The fourth-order valence-electron chi connectivity index (χ4n) is 3.43. The van der Waals surface area contributed by atoms with Crippen LogP contribution in [0, 0.1) is 0 Å². The van der Waals surface area contributed by atoms with Gasteiger partial charge in [-0.1, -0.05) is 45.0 Å². The summed E-state index contributed by atoms with van der Waals surface area (Å²) in [6, 6.07) is 13.9. The summed E-state index contributed by atoms with van der Waals surface area (Å²) in [5.74, 6) is 1.72. The largest absolute Gasteiger partial charge is 0.493 e. The van der Waals surface area contributed by atoms with Gasteiger partial charge in [0.1, 0.15) is 10.7 Å². The molecule has 2 aromatic heterocycles. The lowest BCUT2D eigenvalue weighted by molar-refractivity contribution is 0.355. The lowest BCUT2D eigenvalue weighted by Gasteiger charge is -2.19. The van der Waals surface area contributed by atoms with Crippen molar-refractivity contribution < 1.29 is 9.47 Å². The Morgan fingerprint density at radius 2 is 1.60 bits per heavy atom. The third-order valence-electron chi connectivity index (χ3n) is 5.16. The molecule has 4 aromatic rings. The van der Waals surface area contributed by atoms with E-state index < -0.39 is 0 Å². The zero-order valence-corrected chi connectivity index (χ0v) is 18.5. The number of benzene rings is 2. The first-order valence-electron chi connectivity index (χ1n) is 9.66. The summed E-state index contributed by atoms with van der Waals surface area (Å²) >= 11 is 1.47. The minimum absolute atomic E-state index is 0.0859. The number of aromatic nitrogens is 2. The maximum absolute atomic E-state index is 13.0. The first kappa shape index (κ1) is 20.2. The number of fused-ring (bicyclic) bond motifs is 1. The Morgan fingerprint density at radius 3 is 2.23 bits per heavy atom. The molecule has 6 heteroatoms. The normalized spacial score (nSPS) is 11.6. The first-order chi connectivity index (χ1) is 14.3. The number of nitrogens with one attached hydrogen (secondary N) is 1. The quantitative estimate of drug-likeness (QED) is 0.464. The zero-order chi connectivity index (χ0) is 21.5. The standard InChI is InChI=1S/C24H24N2O3S/c1-24(2,3)16-9-6-14(7-10-16)17-13-30-23-20(17)22(27)25-21(26-23)15-8-11-18(28-4)19(12-15)29-5/h6-13H,1-5H3,(H,25,26,27). The minimum Gasteiger partial charge on any atom is -0.493 e. The van der Waals surface area contributed by atoms with E-state index in [-0.39, 0.29) is 11.0 Å². The zero-order valence-electron chi connectivity index (χ0n) is 17.7. The molecule has 0 radical (unpaired) electrons. The van der Waals surface area contributed by atoms with Gasteiger partial charge in [0.15, 0.2) is 11.5 Å². The molecule has 2 heterocycles. The fourth-order valence-corrected chi connectivity index (χ4v) is 4.38. The van der Waals surface area contributed by atoms with E-state index in [4.69, 9.17) is 14.5 Å². The first-order valence-corrected chi connectivity index (χ1v) is 10.5. The average molecular weight is 421 g/mol. The van der Waals surface area contributed by atoms with Gasteiger partial charge in [-0.2, -0.15) is 0 Å². The van der Waals surface area contributed by atoms with Gasteiger partial charge in [-0.05, 0) is 34.7 Å². The molecule has 154 valence electrons. The Hall–Kier alpha value is -3.12. The highest BCUT2D eigenvalue weighted by atomic mass is 32.1. The van der Waals surface area contributed by atoms with Crippen LogP contribution in [0.1, 0.15) is 26.3 Å². The van der Waals surface area contributed by atoms with E-state index in [0.717, 1.165) is 16.7 Å². The van der Waals surface area contributed by atoms with E-state index in [1.165, 1.54) is 16.9 Å². The molecule has 0 amide bonds. The number of methoxy groups -OCH3 is 2. The fraction of sp³-hybridized carbons (Fsp3) is 0.250. The Morgan fingerprint density at radius 1 is 0.933 bits per heavy atom. The molecule has 0 aliphatic heterocycles. The van der Waals surface area contributed by atoms with Crippen LogP contribution in [0.4, 0.5) is 0 Å². The van der Waals surface area contributed by atoms with Crippen LogP contribution in [0.15, 0.2) is 52.6 Å². The second-order valence-corrected chi connectivity index (χ2v) is 9.00. The van der Waals surface area contributed by atoms with Crippen LogP contribution in [-0.4, -0.2) is 24.2 Å². The van der Waals surface area contributed by atoms with Crippen molar-refractivity contribution in [2.75, 3.05) is 14.2 Å². The van der Waals surface area contributed by atoms with Gasteiger partial charge in [0.25, 0.3) is 5.56 Å². The van der Waals surface area contributed by atoms with Crippen LogP contribution >= 0.6 is 11.3 Å². The Bertz CT molecular complexity index is 1260. The number of thiophene rings is 1. The highest BCUT2D eigenvalue weighted by Gasteiger charge is 2.17. The van der Waals surface area contributed by atoms with E-state index in [0.29, 0.717) is 27.5 Å². The van der Waals surface area contributed by atoms with Crippen molar-refractivity contribution in [2.45, 2.75) is 26.2 Å². The summed E-state index contributed by atoms with van der Waals surface area (Å²) in [5, 5.41) is 2.62. The van der Waals surface area contributed by atoms with Crippen molar-refractivity contribution in [3.63, 3.8) is 0 Å². The van der Waals surface area contributed by atoms with Crippen molar-refractivity contribution in [1.82, 2.24) is 9.97 Å². The average Bonchev–Trinajstić information content (AvgIpc) is 3.17. The van der Waals surface area contributed by atoms with Crippen molar-refractivity contribution >= 4 is 21.6 Å². The van der Waals surface area contributed by atoms with E-state index in [1.54, 1.807) is 20.3 Å². The van der Waals surface area contributed by atoms with Crippen molar-refractivity contribution in [3.8, 4) is 34.0 Å². The molecule has 0 unspecified atom stereocenters. The molecule has 2 aromatic carbocycles. The van der Waals surface area contributed by atoms with Crippen molar-refractivity contribution in [3.05, 3.63) is 63.8 Å². The van der Waals surface area contributed by atoms with Gasteiger partial charge in [-0.25, -0.2) is 4.98 Å². The van der Waals surface area contributed by atoms with Gasteiger partial charge in [-0.3, -0.25) is 4.79 Å². The number of H-pyrrole nitrogens is 1. The van der Waals surface area contributed by atoms with Gasteiger partial charge >= 0.3 is 0 Å². The molecule has 0 aliphatic rings. The topological polar surface area (TPSA) is 64.2 Å². The van der Waals surface area contributed by atoms with Gasteiger partial charge in [0.05, 0.1) is 19.6 Å². The van der Waals surface area contributed by atoms with Gasteiger partial charge in [0, 0.05) is 16.5 Å². The predicted octanol–water partition coefficient (Wildman–Crippen LogP) is 5.63. The molecule has 4 rings (SSSR count). The van der Waals surface area contributed by atoms with E-state index in [9.17, 15) is 4.79 Å². The van der Waals surface area contributed by atoms with Crippen LogP contribution in [0.3, 0.4) is 0 Å². The second kappa shape index (κ2) is 7.61. The summed E-state index contributed by atoms with van der Waals surface area (Å²) in [4.78, 5) is 21.3. The molecule has 0 atom stereocenters. The third-order valence-corrected chi connectivity index (χ3v) is 6.04. The number of ether oxygens (including phenoxy) is 2. The molecule has 0 aliphatic carbocycles.